The fourth-order valence-corrected chi connectivity index (χ4v) is 3.39. The number of aryl methyl sites for hydroxylation is 2. The van der Waals surface area contributed by atoms with Gasteiger partial charge in [-0.15, -0.1) is 0 Å². The Morgan fingerprint density at radius 3 is 1.93 bits per heavy atom. The number of aromatic hydroxyl groups is 2. The second-order valence-corrected chi connectivity index (χ2v) is 7.47. The maximum absolute atomic E-state index is 10.1. The highest BCUT2D eigenvalue weighted by Crippen LogP contribution is 2.27. The molecule has 146 valence electrons. The Balaban J connectivity index is 2.19. The number of unbranched alkanes of at least 4 members (excludes halogenated alkanes) is 4. The molecule has 0 spiro atoms. The van der Waals surface area contributed by atoms with Crippen molar-refractivity contribution >= 4 is 11.6 Å². The Morgan fingerprint density at radius 1 is 0.778 bits per heavy atom. The van der Waals surface area contributed by atoms with Crippen molar-refractivity contribution in [3.63, 3.8) is 0 Å². The molecule has 0 aliphatic carbocycles. The molecule has 0 saturated heterocycles. The third-order valence-corrected chi connectivity index (χ3v) is 5.12. The van der Waals surface area contributed by atoms with Crippen molar-refractivity contribution < 1.29 is 10.2 Å². The van der Waals surface area contributed by atoms with Crippen molar-refractivity contribution in [2.45, 2.75) is 72.1 Å². The standard InChI is InChI=1S/C25H34O2/c1-4-6-8-10-22-17-20(12-14-24(22)26)16-19(3)21-13-15-25(27)23(18-21)11-9-7-5-2/h12-18,26-27H,4-11H2,1-3H3. The van der Waals surface area contributed by atoms with Gasteiger partial charge in [0.2, 0.25) is 0 Å². The summed E-state index contributed by atoms with van der Waals surface area (Å²) in [6.45, 7) is 6.49. The Kier molecular flexibility index (Phi) is 8.44. The van der Waals surface area contributed by atoms with Gasteiger partial charge in [0.05, 0.1) is 0 Å². The molecule has 0 heterocycles. The number of benzene rings is 2. The summed E-state index contributed by atoms with van der Waals surface area (Å²) in [4.78, 5) is 0. The zero-order valence-electron chi connectivity index (χ0n) is 17.1. The molecule has 2 aromatic carbocycles. The minimum absolute atomic E-state index is 0.392. The summed E-state index contributed by atoms with van der Waals surface area (Å²) < 4.78 is 0. The molecule has 0 fully saturated rings. The van der Waals surface area contributed by atoms with Gasteiger partial charge in [-0.3, -0.25) is 0 Å². The molecule has 0 unspecified atom stereocenters. The van der Waals surface area contributed by atoms with Crippen LogP contribution >= 0.6 is 0 Å². The summed E-state index contributed by atoms with van der Waals surface area (Å²) in [5.41, 5.74) is 5.46. The summed E-state index contributed by atoms with van der Waals surface area (Å²) >= 11 is 0. The Bertz CT molecular complexity index is 759. The van der Waals surface area contributed by atoms with E-state index in [0.717, 1.165) is 53.5 Å². The highest BCUT2D eigenvalue weighted by Gasteiger charge is 2.06. The number of phenols is 2. The van der Waals surface area contributed by atoms with E-state index in [1.807, 2.05) is 12.1 Å². The van der Waals surface area contributed by atoms with Crippen LogP contribution in [-0.4, -0.2) is 10.2 Å². The van der Waals surface area contributed by atoms with Crippen molar-refractivity contribution in [3.8, 4) is 11.5 Å². The van der Waals surface area contributed by atoms with Crippen LogP contribution in [0, 0.1) is 0 Å². The molecule has 2 heteroatoms. The lowest BCUT2D eigenvalue weighted by Crippen LogP contribution is -1.90. The van der Waals surface area contributed by atoms with Crippen molar-refractivity contribution in [2.24, 2.45) is 0 Å². The van der Waals surface area contributed by atoms with Crippen molar-refractivity contribution in [1.29, 1.82) is 0 Å². The minimum atomic E-state index is 0.392. The summed E-state index contributed by atoms with van der Waals surface area (Å²) in [6.07, 6.45) is 10.9. The van der Waals surface area contributed by atoms with E-state index < -0.39 is 0 Å². The van der Waals surface area contributed by atoms with Gasteiger partial charge in [0.15, 0.2) is 0 Å². The number of rotatable bonds is 10. The first-order chi connectivity index (χ1) is 13.0. The van der Waals surface area contributed by atoms with E-state index in [1.165, 1.54) is 25.7 Å². The van der Waals surface area contributed by atoms with Gasteiger partial charge in [-0.25, -0.2) is 0 Å². The number of hydrogen-bond acceptors (Lipinski definition) is 2. The van der Waals surface area contributed by atoms with Crippen molar-refractivity contribution in [1.82, 2.24) is 0 Å². The number of hydrogen-bond donors (Lipinski definition) is 2. The highest BCUT2D eigenvalue weighted by molar-refractivity contribution is 5.81. The summed E-state index contributed by atoms with van der Waals surface area (Å²) in [5.74, 6) is 0.786. The lowest BCUT2D eigenvalue weighted by molar-refractivity contribution is 0.466. The summed E-state index contributed by atoms with van der Waals surface area (Å²) in [6, 6.07) is 11.8. The van der Waals surface area contributed by atoms with Gasteiger partial charge in [0.25, 0.3) is 0 Å². The molecule has 2 aromatic rings. The van der Waals surface area contributed by atoms with E-state index in [2.05, 4.69) is 39.0 Å². The molecule has 0 aromatic heterocycles. The molecule has 0 saturated carbocycles. The van der Waals surface area contributed by atoms with E-state index in [-0.39, 0.29) is 0 Å². The van der Waals surface area contributed by atoms with Gasteiger partial charge in [0.1, 0.15) is 11.5 Å². The molecule has 0 amide bonds. The smallest absolute Gasteiger partial charge is 0.118 e. The fraction of sp³-hybridized carbons (Fsp3) is 0.440. The number of phenolic OH excluding ortho intramolecular Hbond substituents is 2. The zero-order valence-corrected chi connectivity index (χ0v) is 17.1. The maximum Gasteiger partial charge on any atom is 0.118 e. The third kappa shape index (κ3) is 6.46. The Labute approximate surface area is 164 Å². The van der Waals surface area contributed by atoms with Gasteiger partial charge in [-0.2, -0.15) is 0 Å². The largest absolute Gasteiger partial charge is 0.508 e. The second-order valence-electron chi connectivity index (χ2n) is 7.47. The summed E-state index contributed by atoms with van der Waals surface area (Å²) in [5, 5.41) is 20.2. The fourth-order valence-electron chi connectivity index (χ4n) is 3.39. The topological polar surface area (TPSA) is 40.5 Å². The zero-order chi connectivity index (χ0) is 19.6. The minimum Gasteiger partial charge on any atom is -0.508 e. The molecular formula is C25H34O2. The van der Waals surface area contributed by atoms with Crippen LogP contribution < -0.4 is 0 Å². The molecule has 0 atom stereocenters. The first kappa shape index (κ1) is 21.1. The van der Waals surface area contributed by atoms with Crippen LogP contribution in [0.4, 0.5) is 0 Å². The monoisotopic (exact) mass is 366 g/mol. The molecule has 0 aliphatic rings. The predicted molar refractivity (Wildman–Crippen MR) is 116 cm³/mol. The van der Waals surface area contributed by atoms with Crippen LogP contribution in [0.5, 0.6) is 11.5 Å². The van der Waals surface area contributed by atoms with E-state index in [9.17, 15) is 10.2 Å². The van der Waals surface area contributed by atoms with Crippen LogP contribution in [0.15, 0.2) is 36.4 Å². The first-order valence-electron chi connectivity index (χ1n) is 10.4. The van der Waals surface area contributed by atoms with Crippen molar-refractivity contribution in [3.05, 3.63) is 58.7 Å². The van der Waals surface area contributed by atoms with Gasteiger partial charge < -0.3 is 10.2 Å². The van der Waals surface area contributed by atoms with E-state index in [1.54, 1.807) is 12.1 Å². The van der Waals surface area contributed by atoms with Crippen molar-refractivity contribution in [2.75, 3.05) is 0 Å². The molecule has 2 N–H and O–H groups in total. The van der Waals surface area contributed by atoms with Crippen LogP contribution in [0.2, 0.25) is 0 Å². The second kappa shape index (κ2) is 10.8. The highest BCUT2D eigenvalue weighted by atomic mass is 16.3. The lowest BCUT2D eigenvalue weighted by atomic mass is 9.97. The Hall–Kier alpha value is -2.22. The average molecular weight is 367 g/mol. The average Bonchev–Trinajstić information content (AvgIpc) is 2.66. The SMILES string of the molecule is CCCCCc1cc(C=C(C)c2ccc(O)c(CCCCC)c2)ccc1O. The van der Waals surface area contributed by atoms with Gasteiger partial charge in [0, 0.05) is 0 Å². The quantitative estimate of drug-likeness (QED) is 0.347. The number of allylic oxidation sites excluding steroid dienone is 1. The molecule has 0 aliphatic heterocycles. The molecule has 2 rings (SSSR count). The van der Waals surface area contributed by atoms with Gasteiger partial charge in [-0.05, 0) is 84.7 Å². The van der Waals surface area contributed by atoms with Crippen LogP contribution in [0.1, 0.15) is 81.5 Å². The van der Waals surface area contributed by atoms with E-state index in [0.29, 0.717) is 11.5 Å². The molecule has 0 bridgehead atoms. The van der Waals surface area contributed by atoms with Crippen LogP contribution in [0.3, 0.4) is 0 Å². The normalized spacial score (nSPS) is 11.7. The molecule has 0 radical (unpaired) electrons. The first-order valence-corrected chi connectivity index (χ1v) is 10.4. The maximum atomic E-state index is 10.1. The lowest BCUT2D eigenvalue weighted by Gasteiger charge is -2.10. The van der Waals surface area contributed by atoms with Crippen LogP contribution in [-0.2, 0) is 12.8 Å². The molecular weight excluding hydrogens is 332 g/mol. The summed E-state index contributed by atoms with van der Waals surface area (Å²) in [7, 11) is 0. The molecule has 2 nitrogen and oxygen atoms in total. The van der Waals surface area contributed by atoms with E-state index >= 15 is 0 Å². The van der Waals surface area contributed by atoms with E-state index in [4.69, 9.17) is 0 Å². The van der Waals surface area contributed by atoms with Crippen LogP contribution in [0.25, 0.3) is 11.6 Å². The van der Waals surface area contributed by atoms with Gasteiger partial charge in [-0.1, -0.05) is 57.7 Å². The predicted octanol–water partition coefficient (Wildman–Crippen LogP) is 7.12. The Morgan fingerprint density at radius 2 is 1.33 bits per heavy atom. The third-order valence-electron chi connectivity index (χ3n) is 5.12. The van der Waals surface area contributed by atoms with Gasteiger partial charge >= 0.3 is 0 Å². The molecule has 27 heavy (non-hydrogen) atoms.